The van der Waals surface area contributed by atoms with Crippen molar-refractivity contribution in [3.05, 3.63) is 29.8 Å². The van der Waals surface area contributed by atoms with Crippen LogP contribution in [0, 0.1) is 0 Å². The van der Waals surface area contributed by atoms with Crippen LogP contribution in [0.3, 0.4) is 0 Å². The molecule has 1 fully saturated rings. The van der Waals surface area contributed by atoms with Crippen LogP contribution >= 0.6 is 0 Å². The molecule has 0 aliphatic carbocycles. The zero-order valence-corrected chi connectivity index (χ0v) is 13.4. The van der Waals surface area contributed by atoms with Crippen molar-refractivity contribution in [1.29, 1.82) is 0 Å². The molecule has 0 spiro atoms. The van der Waals surface area contributed by atoms with E-state index in [1.807, 2.05) is 0 Å². The summed E-state index contributed by atoms with van der Waals surface area (Å²) in [6.45, 7) is 7.05. The van der Waals surface area contributed by atoms with E-state index in [4.69, 9.17) is 9.47 Å². The third-order valence-corrected chi connectivity index (χ3v) is 4.11. The molecule has 0 amide bonds. The van der Waals surface area contributed by atoms with Crippen molar-refractivity contribution < 1.29 is 9.47 Å². The summed E-state index contributed by atoms with van der Waals surface area (Å²) >= 11 is 0. The third kappa shape index (κ3) is 5.01. The lowest BCUT2D eigenvalue weighted by atomic mass is 10.0. The number of hydrogen-bond acceptors (Lipinski definition) is 3. The highest BCUT2D eigenvalue weighted by molar-refractivity contribution is 5.35. The Labute approximate surface area is 129 Å². The van der Waals surface area contributed by atoms with Crippen LogP contribution in [-0.2, 0) is 4.74 Å². The molecule has 1 saturated heterocycles. The van der Waals surface area contributed by atoms with Gasteiger partial charge in [-0.15, -0.1) is 0 Å². The van der Waals surface area contributed by atoms with E-state index in [-0.39, 0.29) is 0 Å². The molecule has 118 valence electrons. The molecule has 2 rings (SSSR count). The predicted octanol–water partition coefficient (Wildman–Crippen LogP) is 4.09. The Morgan fingerprint density at radius 2 is 2.19 bits per heavy atom. The van der Waals surface area contributed by atoms with Gasteiger partial charge in [0.1, 0.15) is 5.75 Å². The molecular formula is C18H29NO2. The average Bonchev–Trinajstić information content (AvgIpc) is 3.03. The maximum Gasteiger partial charge on any atom is 0.124 e. The second-order valence-electron chi connectivity index (χ2n) is 5.68. The molecule has 3 nitrogen and oxygen atoms in total. The zero-order valence-electron chi connectivity index (χ0n) is 13.4. The quantitative estimate of drug-likeness (QED) is 0.695. The van der Waals surface area contributed by atoms with Crippen LogP contribution in [-0.4, -0.2) is 25.9 Å². The Morgan fingerprint density at radius 1 is 1.33 bits per heavy atom. The van der Waals surface area contributed by atoms with Crippen molar-refractivity contribution in [2.45, 2.75) is 58.1 Å². The van der Waals surface area contributed by atoms with Gasteiger partial charge in [-0.25, -0.2) is 0 Å². The number of rotatable bonds is 9. The van der Waals surface area contributed by atoms with Crippen LogP contribution in [0.5, 0.6) is 5.75 Å². The predicted molar refractivity (Wildman–Crippen MR) is 86.9 cm³/mol. The molecule has 21 heavy (non-hydrogen) atoms. The second kappa shape index (κ2) is 9.06. The second-order valence-corrected chi connectivity index (χ2v) is 5.68. The third-order valence-electron chi connectivity index (χ3n) is 4.11. The van der Waals surface area contributed by atoms with Crippen molar-refractivity contribution in [2.24, 2.45) is 0 Å². The maximum absolute atomic E-state index is 6.03. The highest BCUT2D eigenvalue weighted by Gasteiger charge is 2.16. The molecule has 1 aliphatic rings. The molecule has 0 radical (unpaired) electrons. The molecule has 2 unspecified atom stereocenters. The maximum atomic E-state index is 6.03. The molecule has 3 heteroatoms. The van der Waals surface area contributed by atoms with Crippen LogP contribution in [0.4, 0.5) is 0 Å². The van der Waals surface area contributed by atoms with Gasteiger partial charge in [0.05, 0.1) is 12.7 Å². The van der Waals surface area contributed by atoms with E-state index in [0.717, 1.165) is 44.8 Å². The van der Waals surface area contributed by atoms with Gasteiger partial charge in [0.25, 0.3) is 0 Å². The number of ether oxygens (including phenoxy) is 2. The zero-order chi connectivity index (χ0) is 14.9. The highest BCUT2D eigenvalue weighted by Crippen LogP contribution is 2.27. The van der Waals surface area contributed by atoms with E-state index in [0.29, 0.717) is 12.1 Å². The topological polar surface area (TPSA) is 30.5 Å². The molecule has 1 aromatic rings. The fourth-order valence-corrected chi connectivity index (χ4v) is 2.99. The summed E-state index contributed by atoms with van der Waals surface area (Å²) in [4.78, 5) is 0. The molecule has 1 aromatic carbocycles. The van der Waals surface area contributed by atoms with E-state index in [1.54, 1.807) is 0 Å². The first kappa shape index (κ1) is 16.3. The molecule has 0 saturated carbocycles. The monoisotopic (exact) mass is 291 g/mol. The average molecular weight is 291 g/mol. The number of benzene rings is 1. The van der Waals surface area contributed by atoms with Crippen molar-refractivity contribution >= 4 is 0 Å². The van der Waals surface area contributed by atoms with E-state index >= 15 is 0 Å². The summed E-state index contributed by atoms with van der Waals surface area (Å²) < 4.78 is 11.7. The molecule has 0 bridgehead atoms. The standard InChI is InChI=1S/C18H29NO2/c1-3-17(19-4-2)16-11-5-6-12-18(16)21-14-8-10-15-9-7-13-20-15/h5-6,11-12,15,17,19H,3-4,7-10,13-14H2,1-2H3. The van der Waals surface area contributed by atoms with Gasteiger partial charge in [0.15, 0.2) is 0 Å². The lowest BCUT2D eigenvalue weighted by molar-refractivity contribution is 0.0980. The fourth-order valence-electron chi connectivity index (χ4n) is 2.99. The van der Waals surface area contributed by atoms with E-state index in [1.165, 1.54) is 18.4 Å². The molecule has 2 atom stereocenters. The van der Waals surface area contributed by atoms with Gasteiger partial charge in [-0.3, -0.25) is 0 Å². The Bertz CT molecular complexity index is 402. The van der Waals surface area contributed by atoms with Crippen molar-refractivity contribution in [2.75, 3.05) is 19.8 Å². The summed E-state index contributed by atoms with van der Waals surface area (Å²) in [6, 6.07) is 8.78. The summed E-state index contributed by atoms with van der Waals surface area (Å²) in [7, 11) is 0. The fraction of sp³-hybridized carbons (Fsp3) is 0.667. The lowest BCUT2D eigenvalue weighted by Crippen LogP contribution is -2.21. The minimum Gasteiger partial charge on any atom is -0.493 e. The SMILES string of the molecule is CCNC(CC)c1ccccc1OCCCC1CCCO1. The van der Waals surface area contributed by atoms with Gasteiger partial charge in [-0.05, 0) is 44.7 Å². The minimum atomic E-state index is 0.379. The van der Waals surface area contributed by atoms with Gasteiger partial charge in [-0.1, -0.05) is 32.0 Å². The first-order valence-corrected chi connectivity index (χ1v) is 8.41. The van der Waals surface area contributed by atoms with Crippen molar-refractivity contribution in [3.63, 3.8) is 0 Å². The smallest absolute Gasteiger partial charge is 0.124 e. The van der Waals surface area contributed by atoms with Crippen LogP contribution in [0.2, 0.25) is 0 Å². The molecule has 1 heterocycles. The lowest BCUT2D eigenvalue weighted by Gasteiger charge is -2.20. The minimum absolute atomic E-state index is 0.379. The number of para-hydroxylation sites is 1. The first-order valence-electron chi connectivity index (χ1n) is 8.41. The van der Waals surface area contributed by atoms with Crippen LogP contribution in [0.25, 0.3) is 0 Å². The van der Waals surface area contributed by atoms with Gasteiger partial charge >= 0.3 is 0 Å². The van der Waals surface area contributed by atoms with Crippen molar-refractivity contribution in [3.8, 4) is 5.75 Å². The van der Waals surface area contributed by atoms with Gasteiger partial charge in [-0.2, -0.15) is 0 Å². The summed E-state index contributed by atoms with van der Waals surface area (Å²) in [5.74, 6) is 1.03. The normalized spacial score (nSPS) is 19.6. The van der Waals surface area contributed by atoms with Crippen LogP contribution in [0.15, 0.2) is 24.3 Å². The van der Waals surface area contributed by atoms with Crippen LogP contribution in [0.1, 0.15) is 57.6 Å². The number of nitrogens with one attached hydrogen (secondary N) is 1. The molecule has 0 aromatic heterocycles. The van der Waals surface area contributed by atoms with E-state index < -0.39 is 0 Å². The first-order chi connectivity index (χ1) is 10.3. The van der Waals surface area contributed by atoms with E-state index in [2.05, 4.69) is 43.4 Å². The van der Waals surface area contributed by atoms with Gasteiger partial charge in [0.2, 0.25) is 0 Å². The Morgan fingerprint density at radius 3 is 2.90 bits per heavy atom. The summed E-state index contributed by atoms with van der Waals surface area (Å²) in [5, 5.41) is 3.52. The number of hydrogen-bond donors (Lipinski definition) is 1. The summed E-state index contributed by atoms with van der Waals surface area (Å²) in [5.41, 5.74) is 1.28. The van der Waals surface area contributed by atoms with E-state index in [9.17, 15) is 0 Å². The largest absolute Gasteiger partial charge is 0.493 e. The van der Waals surface area contributed by atoms with Gasteiger partial charge in [0, 0.05) is 18.2 Å². The van der Waals surface area contributed by atoms with Crippen molar-refractivity contribution in [1.82, 2.24) is 5.32 Å². The molecular weight excluding hydrogens is 262 g/mol. The molecule has 1 N–H and O–H groups in total. The highest BCUT2D eigenvalue weighted by atomic mass is 16.5. The summed E-state index contributed by atoms with van der Waals surface area (Å²) in [6.07, 6.45) is 6.16. The molecule has 1 aliphatic heterocycles. The Hall–Kier alpha value is -1.06. The Balaban J connectivity index is 1.83. The van der Waals surface area contributed by atoms with Gasteiger partial charge < -0.3 is 14.8 Å². The Kier molecular flexibility index (Phi) is 7.04. The van der Waals surface area contributed by atoms with Crippen LogP contribution < -0.4 is 10.1 Å².